The van der Waals surface area contributed by atoms with Crippen molar-refractivity contribution >= 4 is 0 Å². The third kappa shape index (κ3) is 5.73. The second kappa shape index (κ2) is 7.04. The first kappa shape index (κ1) is 16.2. The lowest BCUT2D eigenvalue weighted by molar-refractivity contribution is 0.329. The molecule has 0 aliphatic carbocycles. The van der Waals surface area contributed by atoms with Gasteiger partial charge in [-0.15, -0.1) is 0 Å². The predicted octanol–water partition coefficient (Wildman–Crippen LogP) is 5.00. The molecule has 1 unspecified atom stereocenters. The monoisotopic (exact) mass is 265 g/mol. The highest BCUT2D eigenvalue weighted by atomic mass is 19.1. The fourth-order valence-electron chi connectivity index (χ4n) is 2.18. The Hall–Kier alpha value is -0.890. The molecule has 0 spiro atoms. The Balaban J connectivity index is 2.83. The Kier molecular flexibility index (Phi) is 5.99. The third-order valence-corrected chi connectivity index (χ3v) is 3.36. The van der Waals surface area contributed by atoms with Crippen LogP contribution in [0.1, 0.15) is 64.1 Å². The summed E-state index contributed by atoms with van der Waals surface area (Å²) in [5.74, 6) is -0.0810. The van der Waals surface area contributed by atoms with Crippen molar-refractivity contribution in [1.82, 2.24) is 5.32 Å². The molecule has 1 aromatic carbocycles. The molecule has 1 atom stereocenters. The molecule has 1 aromatic rings. The average Bonchev–Trinajstić information content (AvgIpc) is 2.29. The summed E-state index contributed by atoms with van der Waals surface area (Å²) in [6, 6.07) is 5.68. The summed E-state index contributed by atoms with van der Waals surface area (Å²) in [5, 5.41) is 3.48. The van der Waals surface area contributed by atoms with Gasteiger partial charge in [-0.1, -0.05) is 39.8 Å². The topological polar surface area (TPSA) is 12.0 Å². The molecule has 0 aliphatic heterocycles. The van der Waals surface area contributed by atoms with E-state index in [9.17, 15) is 4.39 Å². The number of rotatable bonds is 6. The zero-order valence-corrected chi connectivity index (χ0v) is 13.0. The maximum Gasteiger partial charge on any atom is 0.128 e. The second-order valence-corrected chi connectivity index (χ2v) is 6.63. The first-order valence-corrected chi connectivity index (χ1v) is 7.33. The molecule has 1 rings (SSSR count). The quantitative estimate of drug-likeness (QED) is 0.763. The fourth-order valence-corrected chi connectivity index (χ4v) is 2.18. The average molecular weight is 265 g/mol. The lowest BCUT2D eigenvalue weighted by Crippen LogP contribution is -2.24. The molecule has 0 fully saturated rings. The Labute approximate surface area is 117 Å². The molecule has 0 heterocycles. The van der Waals surface area contributed by atoms with Gasteiger partial charge in [0.25, 0.3) is 0 Å². The van der Waals surface area contributed by atoms with Crippen LogP contribution in [0.3, 0.4) is 0 Å². The molecular formula is C17H28FN. The van der Waals surface area contributed by atoms with Crippen LogP contribution in [0.25, 0.3) is 0 Å². The van der Waals surface area contributed by atoms with Crippen molar-refractivity contribution in [1.29, 1.82) is 0 Å². The minimum atomic E-state index is -0.0810. The summed E-state index contributed by atoms with van der Waals surface area (Å²) in [5.41, 5.74) is 2.07. The van der Waals surface area contributed by atoms with E-state index in [1.54, 1.807) is 6.07 Å². The predicted molar refractivity (Wildman–Crippen MR) is 80.9 cm³/mol. The molecule has 1 nitrogen and oxygen atoms in total. The van der Waals surface area contributed by atoms with E-state index in [2.05, 4.69) is 33.0 Å². The van der Waals surface area contributed by atoms with Gasteiger partial charge in [0.15, 0.2) is 0 Å². The standard InChI is InChI=1S/C17H28FN/c1-6-11-19-16(9-10-17(3,4)5)14-8-7-13(2)12-15(14)18/h7-8,12,16,19H,6,9-11H2,1-5H3. The fraction of sp³-hybridized carbons (Fsp3) is 0.647. The van der Waals surface area contributed by atoms with Crippen molar-refractivity contribution in [3.05, 3.63) is 35.1 Å². The van der Waals surface area contributed by atoms with E-state index in [4.69, 9.17) is 0 Å². The minimum Gasteiger partial charge on any atom is -0.310 e. The number of nitrogens with one attached hydrogen (secondary N) is 1. The van der Waals surface area contributed by atoms with Crippen molar-refractivity contribution in [2.24, 2.45) is 5.41 Å². The van der Waals surface area contributed by atoms with Gasteiger partial charge in [-0.25, -0.2) is 4.39 Å². The van der Waals surface area contributed by atoms with Gasteiger partial charge < -0.3 is 5.32 Å². The molecule has 19 heavy (non-hydrogen) atoms. The Morgan fingerprint density at radius 3 is 2.47 bits per heavy atom. The van der Waals surface area contributed by atoms with E-state index in [-0.39, 0.29) is 17.3 Å². The van der Waals surface area contributed by atoms with Crippen LogP contribution in [0.15, 0.2) is 18.2 Å². The van der Waals surface area contributed by atoms with Gasteiger partial charge in [-0.05, 0) is 49.8 Å². The van der Waals surface area contributed by atoms with Crippen molar-refractivity contribution < 1.29 is 4.39 Å². The highest BCUT2D eigenvalue weighted by molar-refractivity contribution is 5.26. The Bertz CT molecular complexity index is 393. The third-order valence-electron chi connectivity index (χ3n) is 3.36. The smallest absolute Gasteiger partial charge is 0.128 e. The normalized spacial score (nSPS) is 13.6. The maximum absolute atomic E-state index is 14.1. The number of aryl methyl sites for hydroxylation is 1. The molecule has 0 saturated carbocycles. The first-order chi connectivity index (χ1) is 8.83. The van der Waals surface area contributed by atoms with Gasteiger partial charge in [0, 0.05) is 11.6 Å². The van der Waals surface area contributed by atoms with Crippen LogP contribution in [0.5, 0.6) is 0 Å². The van der Waals surface area contributed by atoms with E-state index >= 15 is 0 Å². The van der Waals surface area contributed by atoms with Gasteiger partial charge in [0.1, 0.15) is 5.82 Å². The molecule has 0 amide bonds. The van der Waals surface area contributed by atoms with Crippen LogP contribution >= 0.6 is 0 Å². The summed E-state index contributed by atoms with van der Waals surface area (Å²) in [4.78, 5) is 0. The SMILES string of the molecule is CCCNC(CCC(C)(C)C)c1ccc(C)cc1F. The van der Waals surface area contributed by atoms with Crippen molar-refractivity contribution in [2.45, 2.75) is 59.9 Å². The van der Waals surface area contributed by atoms with Gasteiger partial charge in [-0.2, -0.15) is 0 Å². The van der Waals surface area contributed by atoms with Gasteiger partial charge >= 0.3 is 0 Å². The zero-order chi connectivity index (χ0) is 14.5. The molecule has 0 aromatic heterocycles. The number of hydrogen-bond donors (Lipinski definition) is 1. The van der Waals surface area contributed by atoms with Crippen molar-refractivity contribution in [3.8, 4) is 0 Å². The molecule has 2 heteroatoms. The van der Waals surface area contributed by atoms with Crippen LogP contribution in [-0.4, -0.2) is 6.54 Å². The van der Waals surface area contributed by atoms with Gasteiger partial charge in [0.05, 0.1) is 0 Å². The molecule has 0 bridgehead atoms. The molecule has 1 N–H and O–H groups in total. The zero-order valence-electron chi connectivity index (χ0n) is 13.0. The summed E-state index contributed by atoms with van der Waals surface area (Å²) in [6.07, 6.45) is 3.13. The largest absolute Gasteiger partial charge is 0.310 e. The van der Waals surface area contributed by atoms with E-state index in [0.717, 1.165) is 36.9 Å². The lowest BCUT2D eigenvalue weighted by Gasteiger charge is -2.25. The highest BCUT2D eigenvalue weighted by Crippen LogP contribution is 2.29. The van der Waals surface area contributed by atoms with E-state index in [0.29, 0.717) is 0 Å². The summed E-state index contributed by atoms with van der Waals surface area (Å²) >= 11 is 0. The summed E-state index contributed by atoms with van der Waals surface area (Å²) in [7, 11) is 0. The maximum atomic E-state index is 14.1. The minimum absolute atomic E-state index is 0.0810. The molecule has 0 saturated heterocycles. The van der Waals surface area contributed by atoms with E-state index in [1.807, 2.05) is 19.1 Å². The Morgan fingerprint density at radius 1 is 1.26 bits per heavy atom. The van der Waals surface area contributed by atoms with Crippen molar-refractivity contribution in [3.63, 3.8) is 0 Å². The number of benzene rings is 1. The van der Waals surface area contributed by atoms with E-state index in [1.165, 1.54) is 0 Å². The van der Waals surface area contributed by atoms with Crippen molar-refractivity contribution in [2.75, 3.05) is 6.54 Å². The lowest BCUT2D eigenvalue weighted by atomic mass is 9.87. The molecule has 0 aliphatic rings. The van der Waals surface area contributed by atoms with Gasteiger partial charge in [0.2, 0.25) is 0 Å². The summed E-state index contributed by atoms with van der Waals surface area (Å²) < 4.78 is 14.1. The van der Waals surface area contributed by atoms with Crippen LogP contribution < -0.4 is 5.32 Å². The first-order valence-electron chi connectivity index (χ1n) is 7.33. The van der Waals surface area contributed by atoms with Crippen LogP contribution in [0.4, 0.5) is 4.39 Å². The molecule has 0 radical (unpaired) electrons. The van der Waals surface area contributed by atoms with Gasteiger partial charge in [-0.3, -0.25) is 0 Å². The number of halogens is 1. The molecule has 108 valence electrons. The van der Waals surface area contributed by atoms with Crippen LogP contribution in [-0.2, 0) is 0 Å². The highest BCUT2D eigenvalue weighted by Gasteiger charge is 2.18. The Morgan fingerprint density at radius 2 is 1.95 bits per heavy atom. The van der Waals surface area contributed by atoms with E-state index < -0.39 is 0 Å². The second-order valence-electron chi connectivity index (χ2n) is 6.63. The summed E-state index contributed by atoms with van der Waals surface area (Å²) in [6.45, 7) is 11.7. The van der Waals surface area contributed by atoms with Crippen LogP contribution in [0, 0.1) is 18.2 Å². The van der Waals surface area contributed by atoms with Crippen LogP contribution in [0.2, 0.25) is 0 Å². The molecular weight excluding hydrogens is 237 g/mol. The number of hydrogen-bond acceptors (Lipinski definition) is 1.